The van der Waals surface area contributed by atoms with Crippen LogP contribution in [-0.2, 0) is 4.79 Å². The van der Waals surface area contributed by atoms with Crippen molar-refractivity contribution in [2.75, 3.05) is 13.2 Å². The summed E-state index contributed by atoms with van der Waals surface area (Å²) in [6.45, 7) is 3.30. The molecule has 18 heavy (non-hydrogen) atoms. The first-order valence-electron chi connectivity index (χ1n) is 7.29. The molecule has 0 aromatic heterocycles. The third-order valence-electron chi connectivity index (χ3n) is 4.39. The van der Waals surface area contributed by atoms with Crippen LogP contribution in [0.2, 0.25) is 0 Å². The second-order valence-electron chi connectivity index (χ2n) is 6.19. The Kier molecular flexibility index (Phi) is 4.62. The largest absolute Gasteiger partial charge is 0.394 e. The molecule has 0 spiro atoms. The van der Waals surface area contributed by atoms with Crippen LogP contribution in [0.1, 0.15) is 51.9 Å². The van der Waals surface area contributed by atoms with Crippen molar-refractivity contribution < 1.29 is 9.90 Å². The highest BCUT2D eigenvalue weighted by atomic mass is 16.3. The van der Waals surface area contributed by atoms with Crippen LogP contribution in [0, 0.1) is 5.92 Å². The van der Waals surface area contributed by atoms with E-state index in [4.69, 9.17) is 0 Å². The Morgan fingerprint density at radius 3 is 2.89 bits per heavy atom. The first-order valence-corrected chi connectivity index (χ1v) is 7.29. The van der Waals surface area contributed by atoms with E-state index < -0.39 is 0 Å². The second kappa shape index (κ2) is 6.02. The molecule has 1 saturated heterocycles. The van der Waals surface area contributed by atoms with E-state index >= 15 is 0 Å². The minimum absolute atomic E-state index is 0.0706. The number of hydrogen-bond donors (Lipinski definition) is 3. The first kappa shape index (κ1) is 13.8. The topological polar surface area (TPSA) is 61.4 Å². The van der Waals surface area contributed by atoms with Gasteiger partial charge in [0.2, 0.25) is 5.91 Å². The Morgan fingerprint density at radius 2 is 2.28 bits per heavy atom. The van der Waals surface area contributed by atoms with Crippen LogP contribution in [0.3, 0.4) is 0 Å². The predicted molar refractivity (Wildman–Crippen MR) is 71.2 cm³/mol. The summed E-state index contributed by atoms with van der Waals surface area (Å²) >= 11 is 0. The fourth-order valence-electron chi connectivity index (χ4n) is 3.46. The van der Waals surface area contributed by atoms with Crippen LogP contribution in [0.4, 0.5) is 0 Å². The lowest BCUT2D eigenvalue weighted by Crippen LogP contribution is -2.54. The molecule has 0 aromatic carbocycles. The maximum atomic E-state index is 12.1. The lowest BCUT2D eigenvalue weighted by atomic mass is 9.76. The molecule has 0 radical (unpaired) electrons. The average molecular weight is 254 g/mol. The second-order valence-corrected chi connectivity index (χ2v) is 6.19. The molecule has 0 bridgehead atoms. The molecule has 4 nitrogen and oxygen atoms in total. The van der Waals surface area contributed by atoms with Crippen LogP contribution >= 0.6 is 0 Å². The molecule has 1 aliphatic carbocycles. The summed E-state index contributed by atoms with van der Waals surface area (Å²) in [5.74, 6) is 0.688. The summed E-state index contributed by atoms with van der Waals surface area (Å²) in [5, 5.41) is 16.1. The van der Waals surface area contributed by atoms with Crippen molar-refractivity contribution in [3.63, 3.8) is 0 Å². The van der Waals surface area contributed by atoms with Gasteiger partial charge in [0.1, 0.15) is 0 Å². The van der Waals surface area contributed by atoms with Gasteiger partial charge in [0, 0.05) is 12.5 Å². The molecule has 2 aliphatic rings. The highest BCUT2D eigenvalue weighted by Crippen LogP contribution is 2.32. The number of rotatable bonds is 4. The van der Waals surface area contributed by atoms with Gasteiger partial charge < -0.3 is 15.7 Å². The van der Waals surface area contributed by atoms with Gasteiger partial charge in [0.05, 0.1) is 12.1 Å². The monoisotopic (exact) mass is 254 g/mol. The Bertz CT molecular complexity index is 290. The minimum atomic E-state index is -0.354. The normalized spacial score (nSPS) is 36.6. The maximum absolute atomic E-state index is 12.1. The molecular formula is C14H26N2O2. The van der Waals surface area contributed by atoms with Crippen LogP contribution < -0.4 is 10.6 Å². The van der Waals surface area contributed by atoms with Crippen molar-refractivity contribution in [3.8, 4) is 0 Å². The number of nitrogens with one attached hydrogen (secondary N) is 2. The van der Waals surface area contributed by atoms with Crippen LogP contribution in [-0.4, -0.2) is 35.7 Å². The first-order chi connectivity index (χ1) is 8.63. The van der Waals surface area contributed by atoms with Gasteiger partial charge in [-0.3, -0.25) is 4.79 Å². The zero-order valence-electron chi connectivity index (χ0n) is 11.4. The van der Waals surface area contributed by atoms with Crippen molar-refractivity contribution in [1.82, 2.24) is 10.6 Å². The van der Waals surface area contributed by atoms with Crippen molar-refractivity contribution in [3.05, 3.63) is 0 Å². The van der Waals surface area contributed by atoms with Gasteiger partial charge in [0.15, 0.2) is 0 Å². The maximum Gasteiger partial charge on any atom is 0.222 e. The van der Waals surface area contributed by atoms with Gasteiger partial charge in [0.25, 0.3) is 0 Å². The van der Waals surface area contributed by atoms with E-state index in [0.717, 1.165) is 32.2 Å². The Morgan fingerprint density at radius 1 is 1.44 bits per heavy atom. The third-order valence-corrected chi connectivity index (χ3v) is 4.39. The lowest BCUT2D eigenvalue weighted by Gasteiger charge is -2.39. The highest BCUT2D eigenvalue weighted by Gasteiger charge is 2.36. The molecule has 3 atom stereocenters. The van der Waals surface area contributed by atoms with Crippen LogP contribution in [0.25, 0.3) is 0 Å². The van der Waals surface area contributed by atoms with E-state index in [2.05, 4.69) is 17.6 Å². The molecule has 3 N–H and O–H groups in total. The molecule has 104 valence electrons. The number of aliphatic hydroxyl groups is 1. The Balaban J connectivity index is 1.86. The van der Waals surface area contributed by atoms with E-state index in [1.807, 2.05) is 0 Å². The van der Waals surface area contributed by atoms with Crippen LogP contribution in [0.15, 0.2) is 0 Å². The number of hydrogen-bond acceptors (Lipinski definition) is 3. The van der Waals surface area contributed by atoms with Gasteiger partial charge in [-0.2, -0.15) is 0 Å². The molecule has 1 heterocycles. The van der Waals surface area contributed by atoms with E-state index in [0.29, 0.717) is 18.4 Å². The molecule has 2 rings (SSSR count). The van der Waals surface area contributed by atoms with E-state index in [1.54, 1.807) is 0 Å². The van der Waals surface area contributed by atoms with E-state index in [1.165, 1.54) is 12.8 Å². The molecule has 2 fully saturated rings. The zero-order chi connectivity index (χ0) is 13.0. The molecule has 1 aliphatic heterocycles. The smallest absolute Gasteiger partial charge is 0.222 e. The fraction of sp³-hybridized carbons (Fsp3) is 0.929. The molecule has 1 amide bonds. The Labute approximate surface area is 110 Å². The zero-order valence-corrected chi connectivity index (χ0v) is 11.4. The number of amides is 1. The predicted octanol–water partition coefficient (Wildman–Crippen LogP) is 1.19. The summed E-state index contributed by atoms with van der Waals surface area (Å²) in [6.07, 6.45) is 6.95. The van der Waals surface area contributed by atoms with E-state index in [9.17, 15) is 9.90 Å². The summed E-state index contributed by atoms with van der Waals surface area (Å²) < 4.78 is 0. The number of carbonyl (C=O) groups is 1. The minimum Gasteiger partial charge on any atom is -0.394 e. The van der Waals surface area contributed by atoms with Gasteiger partial charge in [-0.05, 0) is 38.1 Å². The fourth-order valence-corrected chi connectivity index (χ4v) is 3.46. The summed E-state index contributed by atoms with van der Waals surface area (Å²) in [7, 11) is 0. The highest BCUT2D eigenvalue weighted by molar-refractivity contribution is 5.77. The molecular weight excluding hydrogens is 228 g/mol. The Hall–Kier alpha value is -0.610. The van der Waals surface area contributed by atoms with Gasteiger partial charge >= 0.3 is 0 Å². The standard InChI is InChI=1S/C14H26N2O2/c1-11-4-2-6-14(9-11,10-17)16-13(18)8-12-5-3-7-15-12/h11-12,15,17H,2-10H2,1H3,(H,16,18). The van der Waals surface area contributed by atoms with Crippen molar-refractivity contribution in [2.24, 2.45) is 5.92 Å². The van der Waals surface area contributed by atoms with E-state index in [-0.39, 0.29) is 18.1 Å². The van der Waals surface area contributed by atoms with Gasteiger partial charge in [-0.1, -0.05) is 19.8 Å². The third kappa shape index (κ3) is 3.45. The summed E-state index contributed by atoms with van der Waals surface area (Å²) in [5.41, 5.74) is -0.354. The van der Waals surface area contributed by atoms with Gasteiger partial charge in [-0.15, -0.1) is 0 Å². The SMILES string of the molecule is CC1CCCC(CO)(NC(=O)CC2CCCN2)C1. The molecule has 0 aromatic rings. The average Bonchev–Trinajstić information content (AvgIpc) is 2.81. The van der Waals surface area contributed by atoms with Crippen molar-refractivity contribution in [2.45, 2.75) is 63.5 Å². The van der Waals surface area contributed by atoms with Crippen molar-refractivity contribution in [1.29, 1.82) is 0 Å². The summed E-state index contributed by atoms with van der Waals surface area (Å²) in [6, 6.07) is 0.335. The molecule has 4 heteroatoms. The summed E-state index contributed by atoms with van der Waals surface area (Å²) in [4.78, 5) is 12.1. The number of aliphatic hydroxyl groups excluding tert-OH is 1. The quantitative estimate of drug-likeness (QED) is 0.706. The van der Waals surface area contributed by atoms with Crippen molar-refractivity contribution >= 4 is 5.91 Å². The lowest BCUT2D eigenvalue weighted by molar-refractivity contribution is -0.124. The molecule has 3 unspecified atom stereocenters. The van der Waals surface area contributed by atoms with Gasteiger partial charge in [-0.25, -0.2) is 0 Å². The number of carbonyl (C=O) groups excluding carboxylic acids is 1. The molecule has 1 saturated carbocycles. The van der Waals surface area contributed by atoms with Crippen LogP contribution in [0.5, 0.6) is 0 Å².